The van der Waals surface area contributed by atoms with Crippen LogP contribution in [0.25, 0.3) is 0 Å². The monoisotopic (exact) mass is 462 g/mol. The van der Waals surface area contributed by atoms with Crippen LogP contribution in [0.4, 0.5) is 23.1 Å². The third-order valence-corrected chi connectivity index (χ3v) is 4.75. The zero-order valence-corrected chi connectivity index (χ0v) is 18.3. The molecule has 0 spiro atoms. The maximum Gasteiger partial charge on any atom is 0.268 e. The van der Waals surface area contributed by atoms with Crippen LogP contribution in [-0.4, -0.2) is 22.4 Å². The number of carbonyl (C=O) groups is 1. The van der Waals surface area contributed by atoms with Gasteiger partial charge in [-0.25, -0.2) is 4.98 Å². The van der Waals surface area contributed by atoms with Gasteiger partial charge in [0.15, 0.2) is 0 Å². The lowest BCUT2D eigenvalue weighted by Gasteiger charge is -2.21. The molecule has 1 amide bonds. The lowest BCUT2D eigenvalue weighted by atomic mass is 10.2. The highest BCUT2D eigenvalue weighted by atomic mass is 35.5. The fourth-order valence-corrected chi connectivity index (χ4v) is 3.28. The highest BCUT2D eigenvalue weighted by Crippen LogP contribution is 2.33. The lowest BCUT2D eigenvalue weighted by molar-refractivity contribution is -0.114. The van der Waals surface area contributed by atoms with Gasteiger partial charge in [0.25, 0.3) is 6.29 Å². The summed E-state index contributed by atoms with van der Waals surface area (Å²) in [7, 11) is 0. The summed E-state index contributed by atoms with van der Waals surface area (Å²) in [6, 6.07) is 18.0. The second kappa shape index (κ2) is 9.89. The molecule has 2 aromatic carbocycles. The molecule has 2 heterocycles. The van der Waals surface area contributed by atoms with E-state index in [2.05, 4.69) is 26.7 Å². The van der Waals surface area contributed by atoms with E-state index in [1.54, 1.807) is 59.6 Å². The molecular weight excluding hydrogens is 444 g/mol. The van der Waals surface area contributed by atoms with E-state index in [1.807, 2.05) is 6.07 Å². The van der Waals surface area contributed by atoms with Crippen LogP contribution in [-0.2, 0) is 14.3 Å². The number of aromatic nitrogens is 2. The molecule has 0 aliphatic carbocycles. The maximum atomic E-state index is 11.2. The molecule has 10 heteroatoms. The Kier molecular flexibility index (Phi) is 6.57. The van der Waals surface area contributed by atoms with Crippen molar-refractivity contribution in [1.29, 1.82) is 5.26 Å². The Balaban J connectivity index is 1.49. The minimum atomic E-state index is -0.679. The van der Waals surface area contributed by atoms with E-state index in [9.17, 15) is 10.1 Å². The number of hydrogen-bond donors (Lipinski definition) is 2. The van der Waals surface area contributed by atoms with Crippen LogP contribution in [0, 0.1) is 11.3 Å². The van der Waals surface area contributed by atoms with Gasteiger partial charge in [0.2, 0.25) is 17.7 Å². The minimum absolute atomic E-state index is 0.0146. The molecule has 1 aromatic heterocycles. The summed E-state index contributed by atoms with van der Waals surface area (Å²) in [5.74, 6) is 0.972. The van der Waals surface area contributed by atoms with Crippen molar-refractivity contribution in [3.8, 4) is 6.07 Å². The summed E-state index contributed by atoms with van der Waals surface area (Å²) in [6.45, 7) is 1.43. The van der Waals surface area contributed by atoms with Crippen molar-refractivity contribution in [2.24, 2.45) is 0 Å². The summed E-state index contributed by atoms with van der Waals surface area (Å²) in [6.07, 6.45) is 2.34. The SMILES string of the molecule is CC(=O)Nc1ccc(Nc2nccc(N(CC#N)C3=COC(c4cccc(Cl)c4)O3)n2)cc1. The topological polar surface area (TPSA) is 112 Å². The molecule has 1 atom stereocenters. The van der Waals surface area contributed by atoms with E-state index in [1.165, 1.54) is 13.2 Å². The van der Waals surface area contributed by atoms with E-state index < -0.39 is 6.29 Å². The Morgan fingerprint density at radius 2 is 2.00 bits per heavy atom. The third kappa shape index (κ3) is 5.50. The van der Waals surface area contributed by atoms with E-state index >= 15 is 0 Å². The van der Waals surface area contributed by atoms with Gasteiger partial charge >= 0.3 is 0 Å². The Morgan fingerprint density at radius 1 is 1.21 bits per heavy atom. The largest absolute Gasteiger partial charge is 0.453 e. The number of nitrogens with one attached hydrogen (secondary N) is 2. The number of benzene rings is 2. The predicted octanol–water partition coefficient (Wildman–Crippen LogP) is 4.71. The molecule has 0 bridgehead atoms. The number of hydrogen-bond acceptors (Lipinski definition) is 8. The summed E-state index contributed by atoms with van der Waals surface area (Å²) >= 11 is 6.06. The number of halogens is 1. The zero-order chi connectivity index (χ0) is 23.2. The van der Waals surface area contributed by atoms with Gasteiger partial charge in [0.05, 0.1) is 6.07 Å². The zero-order valence-electron chi connectivity index (χ0n) is 17.5. The van der Waals surface area contributed by atoms with E-state index in [0.717, 1.165) is 11.3 Å². The number of ether oxygens (including phenoxy) is 2. The second-order valence-electron chi connectivity index (χ2n) is 6.96. The molecule has 4 rings (SSSR count). The standard InChI is InChI=1S/C23H19ClN6O3/c1-15(31)27-18-5-7-19(8-6-18)28-23-26-11-9-20(29-23)30(12-10-25)21-14-32-22(33-21)16-3-2-4-17(24)13-16/h2-9,11,13-14,22H,12H2,1H3,(H,27,31)(H,26,28,29). The molecular formula is C23H19ClN6O3. The van der Waals surface area contributed by atoms with Crippen molar-refractivity contribution in [3.63, 3.8) is 0 Å². The molecule has 0 fully saturated rings. The fraction of sp³-hybridized carbons (Fsp3) is 0.130. The molecule has 166 valence electrons. The summed E-state index contributed by atoms with van der Waals surface area (Å²) in [4.78, 5) is 21.5. The van der Waals surface area contributed by atoms with Gasteiger partial charge in [-0.3, -0.25) is 9.69 Å². The maximum absolute atomic E-state index is 11.2. The van der Waals surface area contributed by atoms with Gasteiger partial charge in [0.1, 0.15) is 18.6 Å². The van der Waals surface area contributed by atoms with Gasteiger partial charge < -0.3 is 20.1 Å². The van der Waals surface area contributed by atoms with Crippen molar-refractivity contribution < 1.29 is 14.3 Å². The highest BCUT2D eigenvalue weighted by molar-refractivity contribution is 6.30. The van der Waals surface area contributed by atoms with Crippen molar-refractivity contribution in [1.82, 2.24) is 9.97 Å². The average molecular weight is 463 g/mol. The first-order chi connectivity index (χ1) is 16.0. The highest BCUT2D eigenvalue weighted by Gasteiger charge is 2.27. The number of rotatable bonds is 7. The molecule has 33 heavy (non-hydrogen) atoms. The van der Waals surface area contributed by atoms with Crippen LogP contribution < -0.4 is 15.5 Å². The van der Waals surface area contributed by atoms with Crippen LogP contribution in [0.15, 0.2) is 72.9 Å². The number of anilines is 4. The van der Waals surface area contributed by atoms with Crippen molar-refractivity contribution >= 4 is 40.6 Å². The minimum Gasteiger partial charge on any atom is -0.453 e. The van der Waals surface area contributed by atoms with Gasteiger partial charge in [-0.05, 0) is 42.5 Å². The quantitative estimate of drug-likeness (QED) is 0.485. The first-order valence-electron chi connectivity index (χ1n) is 9.92. The van der Waals surface area contributed by atoms with Crippen molar-refractivity contribution in [3.05, 3.63) is 83.5 Å². The number of nitrogens with zero attached hydrogens (tertiary/aromatic N) is 4. The van der Waals surface area contributed by atoms with Gasteiger partial charge in [-0.2, -0.15) is 10.2 Å². The van der Waals surface area contributed by atoms with Crippen molar-refractivity contribution in [2.75, 3.05) is 22.1 Å². The average Bonchev–Trinajstić information content (AvgIpc) is 3.29. The Bertz CT molecular complexity index is 1230. The normalized spacial score (nSPS) is 14.3. The smallest absolute Gasteiger partial charge is 0.268 e. The van der Waals surface area contributed by atoms with Crippen LogP contribution in [0.3, 0.4) is 0 Å². The van der Waals surface area contributed by atoms with Gasteiger partial charge in [-0.15, -0.1) is 0 Å². The number of carbonyl (C=O) groups excluding carboxylic acids is 1. The summed E-state index contributed by atoms with van der Waals surface area (Å²) in [5, 5.41) is 15.7. The first-order valence-corrected chi connectivity index (χ1v) is 10.3. The summed E-state index contributed by atoms with van der Waals surface area (Å²) < 4.78 is 11.6. The van der Waals surface area contributed by atoms with Crippen LogP contribution in [0.1, 0.15) is 18.8 Å². The number of nitriles is 1. The van der Waals surface area contributed by atoms with Crippen molar-refractivity contribution in [2.45, 2.75) is 13.2 Å². The Hall–Kier alpha value is -4.29. The molecule has 1 aliphatic heterocycles. The Labute approximate surface area is 195 Å². The summed E-state index contributed by atoms with van der Waals surface area (Å²) in [5.41, 5.74) is 2.16. The third-order valence-electron chi connectivity index (χ3n) is 4.51. The molecule has 2 N–H and O–H groups in total. The van der Waals surface area contributed by atoms with Crippen LogP contribution in [0.5, 0.6) is 0 Å². The molecule has 1 aliphatic rings. The van der Waals surface area contributed by atoms with E-state index in [-0.39, 0.29) is 12.5 Å². The molecule has 1 unspecified atom stereocenters. The van der Waals surface area contributed by atoms with E-state index in [4.69, 9.17) is 21.1 Å². The van der Waals surface area contributed by atoms with Gasteiger partial charge in [-0.1, -0.05) is 23.7 Å². The fourth-order valence-electron chi connectivity index (χ4n) is 3.08. The molecule has 9 nitrogen and oxygen atoms in total. The van der Waals surface area contributed by atoms with E-state index in [0.29, 0.717) is 28.4 Å². The number of amides is 1. The van der Waals surface area contributed by atoms with Crippen LogP contribution in [0.2, 0.25) is 5.02 Å². The molecule has 3 aromatic rings. The molecule has 0 saturated carbocycles. The second-order valence-corrected chi connectivity index (χ2v) is 7.40. The van der Waals surface area contributed by atoms with Crippen LogP contribution >= 0.6 is 11.6 Å². The Morgan fingerprint density at radius 3 is 2.73 bits per heavy atom. The molecule has 0 saturated heterocycles. The predicted molar refractivity (Wildman–Crippen MR) is 123 cm³/mol. The van der Waals surface area contributed by atoms with Gasteiger partial charge in [0, 0.05) is 35.1 Å². The lowest BCUT2D eigenvalue weighted by Crippen LogP contribution is -2.25. The first kappa shape index (κ1) is 21.9. The molecule has 0 radical (unpaired) electrons.